The summed E-state index contributed by atoms with van der Waals surface area (Å²) in [7, 11) is 2.34. The van der Waals surface area contributed by atoms with E-state index in [0.29, 0.717) is 28.0 Å². The van der Waals surface area contributed by atoms with E-state index in [-0.39, 0.29) is 33.9 Å². The van der Waals surface area contributed by atoms with E-state index in [1.807, 2.05) is 19.9 Å². The van der Waals surface area contributed by atoms with Crippen molar-refractivity contribution < 1.29 is 8.60 Å². The van der Waals surface area contributed by atoms with Gasteiger partial charge in [0.25, 0.3) is 11.1 Å². The Kier molecular flexibility index (Phi) is 8.51. The van der Waals surface area contributed by atoms with E-state index in [1.165, 1.54) is 15.3 Å². The lowest BCUT2D eigenvalue weighted by molar-refractivity contribution is 0.598. The quantitative estimate of drug-likeness (QED) is 0.309. The maximum absolute atomic E-state index is 14.9. The van der Waals surface area contributed by atoms with Crippen LogP contribution >= 0.6 is 0 Å². The van der Waals surface area contributed by atoms with Gasteiger partial charge >= 0.3 is 0 Å². The summed E-state index contributed by atoms with van der Waals surface area (Å²) in [6.45, 7) is 7.41. The highest BCUT2D eigenvalue weighted by atomic mass is 32.2. The molecular weight excluding hydrogens is 543 g/mol. The van der Waals surface area contributed by atoms with Gasteiger partial charge in [-0.05, 0) is 56.5 Å². The van der Waals surface area contributed by atoms with Gasteiger partial charge in [0, 0.05) is 38.5 Å². The first-order valence-electron chi connectivity index (χ1n) is 13.6. The van der Waals surface area contributed by atoms with Gasteiger partial charge < -0.3 is 9.88 Å². The van der Waals surface area contributed by atoms with E-state index in [4.69, 9.17) is 5.10 Å². The SMILES string of the molecule is CC.Cc1ccc(Nc2c(C)c(=O)n(C)c3c(-c4cccc(N=S(C)(=O)N(C)C)c4)nn(C4CC4)c(=O)c23)c(F)c1. The van der Waals surface area contributed by atoms with Crippen LogP contribution in [-0.4, -0.2) is 43.2 Å². The van der Waals surface area contributed by atoms with Crippen LogP contribution in [0.5, 0.6) is 0 Å². The fourth-order valence-corrected chi connectivity index (χ4v) is 5.16. The van der Waals surface area contributed by atoms with Crippen LogP contribution < -0.4 is 16.4 Å². The first-order chi connectivity index (χ1) is 19.4. The molecule has 0 bridgehead atoms. The van der Waals surface area contributed by atoms with Crippen LogP contribution in [0.25, 0.3) is 22.2 Å². The molecule has 1 N–H and O–H groups in total. The standard InChI is InChI=1S/C28H31FN6O3S.C2H6/c1-16-10-13-22(21(29)14-16)30-24-17(2)27(36)34(5)26-23(24)28(37)35(20-11-12-20)31-25(26)18-8-7-9-19(15-18)32-39(6,38)33(3)4;1-2/h7-10,13-15,20,30H,11-12H2,1-6H3;1-2H3. The van der Waals surface area contributed by atoms with Gasteiger partial charge in [0.1, 0.15) is 21.4 Å². The number of pyridine rings is 1. The van der Waals surface area contributed by atoms with E-state index >= 15 is 0 Å². The average Bonchev–Trinajstić information content (AvgIpc) is 3.77. The smallest absolute Gasteiger partial charge is 0.278 e. The van der Waals surface area contributed by atoms with Crippen LogP contribution in [-0.2, 0) is 17.0 Å². The third-order valence-electron chi connectivity index (χ3n) is 7.03. The topological polar surface area (TPSA) is 102 Å². The normalized spacial score (nSPS) is 14.4. The largest absolute Gasteiger partial charge is 0.352 e. The molecule has 1 saturated carbocycles. The summed E-state index contributed by atoms with van der Waals surface area (Å²) in [5, 5.41) is 8.03. The Morgan fingerprint density at radius 2 is 1.76 bits per heavy atom. The summed E-state index contributed by atoms with van der Waals surface area (Å²) >= 11 is 0. The van der Waals surface area contributed by atoms with E-state index < -0.39 is 15.7 Å². The van der Waals surface area contributed by atoms with Crippen molar-refractivity contribution in [1.82, 2.24) is 18.7 Å². The molecular formula is C30H37FN6O3S. The number of rotatable bonds is 6. The second-order valence-electron chi connectivity index (χ2n) is 10.2. The van der Waals surface area contributed by atoms with Crippen LogP contribution in [0.15, 0.2) is 56.4 Å². The predicted octanol–water partition coefficient (Wildman–Crippen LogP) is 5.83. The van der Waals surface area contributed by atoms with Crippen molar-refractivity contribution in [3.63, 3.8) is 0 Å². The molecule has 218 valence electrons. The maximum atomic E-state index is 14.9. The molecule has 1 aliphatic carbocycles. The molecule has 9 nitrogen and oxygen atoms in total. The third kappa shape index (κ3) is 5.82. The first kappa shape index (κ1) is 30.1. The molecule has 0 radical (unpaired) electrons. The Labute approximate surface area is 240 Å². The van der Waals surface area contributed by atoms with Crippen molar-refractivity contribution in [3.05, 3.63) is 80.1 Å². The number of aromatic nitrogens is 3. The van der Waals surface area contributed by atoms with E-state index in [0.717, 1.165) is 18.4 Å². The number of nitrogens with zero attached hydrogens (tertiary/aromatic N) is 5. The summed E-state index contributed by atoms with van der Waals surface area (Å²) in [6, 6.07) is 11.8. The van der Waals surface area contributed by atoms with Crippen molar-refractivity contribution in [2.45, 2.75) is 46.6 Å². The Morgan fingerprint density at radius 1 is 1.07 bits per heavy atom. The number of halogens is 1. The van der Waals surface area contributed by atoms with Crippen molar-refractivity contribution in [3.8, 4) is 11.3 Å². The molecule has 41 heavy (non-hydrogen) atoms. The predicted molar refractivity (Wildman–Crippen MR) is 165 cm³/mol. The molecule has 0 saturated heterocycles. The Bertz CT molecular complexity index is 1880. The number of aryl methyl sites for hydroxylation is 2. The molecule has 0 amide bonds. The van der Waals surface area contributed by atoms with Crippen molar-refractivity contribution in [2.24, 2.45) is 11.4 Å². The van der Waals surface area contributed by atoms with Crippen molar-refractivity contribution in [2.75, 3.05) is 25.7 Å². The zero-order chi connectivity index (χ0) is 30.2. The van der Waals surface area contributed by atoms with Crippen molar-refractivity contribution in [1.29, 1.82) is 0 Å². The zero-order valence-corrected chi connectivity index (χ0v) is 25.6. The fourth-order valence-electron chi connectivity index (χ4n) is 4.49. The van der Waals surface area contributed by atoms with Gasteiger partial charge in [0.15, 0.2) is 0 Å². The van der Waals surface area contributed by atoms with Gasteiger partial charge in [-0.15, -0.1) is 0 Å². The molecule has 1 fully saturated rings. The van der Waals surface area contributed by atoms with Crippen LogP contribution in [0.1, 0.15) is 43.9 Å². The van der Waals surface area contributed by atoms with Crippen LogP contribution in [0.3, 0.4) is 0 Å². The Balaban J connectivity index is 0.00000189. The highest BCUT2D eigenvalue weighted by Crippen LogP contribution is 2.37. The number of anilines is 2. The van der Waals surface area contributed by atoms with Gasteiger partial charge in [0.05, 0.1) is 34.0 Å². The molecule has 2 heterocycles. The molecule has 4 aromatic rings. The van der Waals surface area contributed by atoms with Crippen LogP contribution in [0.2, 0.25) is 0 Å². The first-order valence-corrected chi connectivity index (χ1v) is 15.5. The minimum atomic E-state index is -2.65. The monoisotopic (exact) mass is 580 g/mol. The van der Waals surface area contributed by atoms with E-state index in [1.54, 1.807) is 75.9 Å². The molecule has 2 aromatic heterocycles. The van der Waals surface area contributed by atoms with Crippen LogP contribution in [0.4, 0.5) is 21.5 Å². The van der Waals surface area contributed by atoms with E-state index in [2.05, 4.69) is 9.68 Å². The third-order valence-corrected chi connectivity index (χ3v) is 8.93. The Morgan fingerprint density at radius 3 is 2.37 bits per heavy atom. The second kappa shape index (κ2) is 11.6. The lowest BCUT2D eigenvalue weighted by atomic mass is 10.0. The molecule has 1 atom stereocenters. The number of hydrogen-bond donors (Lipinski definition) is 1. The molecule has 0 aliphatic heterocycles. The molecule has 2 aromatic carbocycles. The maximum Gasteiger partial charge on any atom is 0.278 e. The Hall–Kier alpha value is -3.83. The van der Waals surface area contributed by atoms with Gasteiger partial charge in [-0.1, -0.05) is 32.0 Å². The highest BCUT2D eigenvalue weighted by molar-refractivity contribution is 7.90. The van der Waals surface area contributed by atoms with Gasteiger partial charge in [-0.2, -0.15) is 9.46 Å². The lowest BCUT2D eigenvalue weighted by Crippen LogP contribution is -2.29. The zero-order valence-electron chi connectivity index (χ0n) is 24.8. The number of benzene rings is 2. The number of hydrogen-bond acceptors (Lipinski definition) is 6. The average molecular weight is 581 g/mol. The molecule has 1 unspecified atom stereocenters. The van der Waals surface area contributed by atoms with Crippen LogP contribution in [0, 0.1) is 19.7 Å². The number of fused-ring (bicyclic) bond motifs is 1. The van der Waals surface area contributed by atoms with Gasteiger partial charge in [-0.3, -0.25) is 9.59 Å². The minimum absolute atomic E-state index is 0.0573. The second-order valence-corrected chi connectivity index (χ2v) is 12.7. The fraction of sp³-hybridized carbons (Fsp3) is 0.367. The minimum Gasteiger partial charge on any atom is -0.352 e. The highest BCUT2D eigenvalue weighted by Gasteiger charge is 2.30. The molecule has 1 aliphatic rings. The molecule has 11 heteroatoms. The molecule has 0 spiro atoms. The lowest BCUT2D eigenvalue weighted by Gasteiger charge is -2.19. The number of nitrogens with one attached hydrogen (secondary N) is 1. The molecule has 5 rings (SSSR count). The van der Waals surface area contributed by atoms with Crippen molar-refractivity contribution >= 4 is 37.9 Å². The summed E-state index contributed by atoms with van der Waals surface area (Å²) in [5.74, 6) is -0.488. The summed E-state index contributed by atoms with van der Waals surface area (Å²) in [4.78, 5) is 27.3. The summed E-state index contributed by atoms with van der Waals surface area (Å²) < 4.78 is 36.6. The van der Waals surface area contributed by atoms with Gasteiger partial charge in [0.2, 0.25) is 0 Å². The summed E-state index contributed by atoms with van der Waals surface area (Å²) in [5.41, 5.74) is 2.59. The van der Waals surface area contributed by atoms with Gasteiger partial charge in [-0.25, -0.2) is 17.6 Å². The summed E-state index contributed by atoms with van der Waals surface area (Å²) in [6.07, 6.45) is 3.18. The van der Waals surface area contributed by atoms with E-state index in [9.17, 15) is 18.2 Å².